The Hall–Kier alpha value is -0.910. The minimum absolute atomic E-state index is 0.107. The molecule has 0 spiro atoms. The molecule has 134 valence electrons. The zero-order valence-corrected chi connectivity index (χ0v) is 15.8. The highest BCUT2D eigenvalue weighted by Gasteiger charge is 2.31. The van der Waals surface area contributed by atoms with Gasteiger partial charge < -0.3 is 10.6 Å². The molecule has 4 nitrogen and oxygen atoms in total. The molecular formula is C19H31N3OS. The third-order valence-corrected chi connectivity index (χ3v) is 6.59. The van der Waals surface area contributed by atoms with E-state index in [4.69, 9.17) is 0 Å². The summed E-state index contributed by atoms with van der Waals surface area (Å²) in [6.45, 7) is 3.94. The highest BCUT2D eigenvalue weighted by molar-refractivity contribution is 7.10. The SMILES string of the molecule is CC(=O)NC1CCC(NCC2CCCN(C)C2c2cccs2)CC1. The van der Waals surface area contributed by atoms with E-state index in [1.54, 1.807) is 6.92 Å². The largest absolute Gasteiger partial charge is 0.354 e. The normalized spacial score (nSPS) is 31.8. The lowest BCUT2D eigenvalue weighted by atomic mass is 9.86. The second-order valence-electron chi connectivity index (χ2n) is 7.50. The molecule has 1 aromatic rings. The zero-order valence-electron chi connectivity index (χ0n) is 15.0. The van der Waals surface area contributed by atoms with Crippen molar-refractivity contribution in [1.82, 2.24) is 15.5 Å². The second kappa shape index (κ2) is 8.45. The molecule has 1 aromatic heterocycles. The maximum absolute atomic E-state index is 11.2. The van der Waals surface area contributed by atoms with Crippen molar-refractivity contribution in [2.75, 3.05) is 20.1 Å². The van der Waals surface area contributed by atoms with Gasteiger partial charge in [-0.1, -0.05) is 6.07 Å². The number of piperidine rings is 1. The van der Waals surface area contributed by atoms with Crippen LogP contribution in [0.25, 0.3) is 0 Å². The standard InChI is InChI=1S/C19H31N3OS/c1-14(23)21-17-9-7-16(8-10-17)20-13-15-5-3-11-22(2)19(15)18-6-4-12-24-18/h4,6,12,15-17,19-20H,3,5,7-11,13H2,1-2H3,(H,21,23). The van der Waals surface area contributed by atoms with Gasteiger partial charge in [-0.3, -0.25) is 9.69 Å². The van der Waals surface area contributed by atoms with E-state index < -0.39 is 0 Å². The summed E-state index contributed by atoms with van der Waals surface area (Å²) < 4.78 is 0. The molecule has 1 amide bonds. The quantitative estimate of drug-likeness (QED) is 0.858. The minimum Gasteiger partial charge on any atom is -0.354 e. The number of hydrogen-bond acceptors (Lipinski definition) is 4. The van der Waals surface area contributed by atoms with Gasteiger partial charge in [0.05, 0.1) is 0 Å². The van der Waals surface area contributed by atoms with Crippen molar-refractivity contribution in [2.24, 2.45) is 5.92 Å². The number of hydrogen-bond donors (Lipinski definition) is 2. The van der Waals surface area contributed by atoms with E-state index in [0.29, 0.717) is 24.0 Å². The molecule has 2 N–H and O–H groups in total. The highest BCUT2D eigenvalue weighted by atomic mass is 32.1. The van der Waals surface area contributed by atoms with E-state index in [1.807, 2.05) is 11.3 Å². The summed E-state index contributed by atoms with van der Waals surface area (Å²) in [7, 11) is 2.27. The molecule has 1 aliphatic carbocycles. The van der Waals surface area contributed by atoms with Crippen LogP contribution >= 0.6 is 11.3 Å². The zero-order chi connectivity index (χ0) is 16.9. The molecule has 0 bridgehead atoms. The molecule has 2 aliphatic rings. The fourth-order valence-electron chi connectivity index (χ4n) is 4.43. The molecule has 2 unspecified atom stereocenters. The first-order valence-electron chi connectivity index (χ1n) is 9.37. The second-order valence-corrected chi connectivity index (χ2v) is 8.48. The van der Waals surface area contributed by atoms with Gasteiger partial charge in [-0.15, -0.1) is 11.3 Å². The Bertz CT molecular complexity index is 511. The Kier molecular flexibility index (Phi) is 6.31. The molecule has 3 rings (SSSR count). The van der Waals surface area contributed by atoms with E-state index in [2.05, 4.69) is 40.1 Å². The molecule has 1 saturated heterocycles. The van der Waals surface area contributed by atoms with Crippen LogP contribution in [0.5, 0.6) is 0 Å². The lowest BCUT2D eigenvalue weighted by Gasteiger charge is -2.40. The Morgan fingerprint density at radius 2 is 2.00 bits per heavy atom. The fraction of sp³-hybridized carbons (Fsp3) is 0.737. The molecule has 2 heterocycles. The van der Waals surface area contributed by atoms with E-state index >= 15 is 0 Å². The van der Waals surface area contributed by atoms with Crippen LogP contribution < -0.4 is 10.6 Å². The average Bonchev–Trinajstić information content (AvgIpc) is 3.07. The maximum Gasteiger partial charge on any atom is 0.217 e. The van der Waals surface area contributed by atoms with Crippen LogP contribution in [0.1, 0.15) is 56.4 Å². The van der Waals surface area contributed by atoms with Crippen LogP contribution in [0.15, 0.2) is 17.5 Å². The number of thiophene rings is 1. The van der Waals surface area contributed by atoms with Crippen LogP contribution in [0.2, 0.25) is 0 Å². The van der Waals surface area contributed by atoms with Crippen LogP contribution in [0, 0.1) is 5.92 Å². The first-order valence-corrected chi connectivity index (χ1v) is 10.3. The van der Waals surface area contributed by atoms with Gasteiger partial charge in [-0.25, -0.2) is 0 Å². The lowest BCUT2D eigenvalue weighted by Crippen LogP contribution is -2.45. The molecule has 0 radical (unpaired) electrons. The topological polar surface area (TPSA) is 44.4 Å². The van der Waals surface area contributed by atoms with E-state index in [-0.39, 0.29) is 5.91 Å². The number of nitrogens with one attached hydrogen (secondary N) is 2. The van der Waals surface area contributed by atoms with Gasteiger partial charge in [-0.05, 0) is 69.5 Å². The predicted molar refractivity (Wildman–Crippen MR) is 100 cm³/mol. The van der Waals surface area contributed by atoms with Gasteiger partial charge >= 0.3 is 0 Å². The number of amides is 1. The Morgan fingerprint density at radius 1 is 1.25 bits per heavy atom. The van der Waals surface area contributed by atoms with Crippen molar-refractivity contribution >= 4 is 17.2 Å². The first kappa shape index (κ1) is 17.9. The summed E-state index contributed by atoms with van der Waals surface area (Å²) in [5, 5.41) is 9.11. The molecule has 5 heteroatoms. The summed E-state index contributed by atoms with van der Waals surface area (Å²) in [4.78, 5) is 15.2. The summed E-state index contributed by atoms with van der Waals surface area (Å²) >= 11 is 1.89. The summed E-state index contributed by atoms with van der Waals surface area (Å²) in [6.07, 6.45) is 7.20. The van der Waals surface area contributed by atoms with Gasteiger partial charge in [0.15, 0.2) is 0 Å². The lowest BCUT2D eigenvalue weighted by molar-refractivity contribution is -0.119. The molecule has 24 heavy (non-hydrogen) atoms. The van der Waals surface area contributed by atoms with Crippen LogP contribution in [-0.4, -0.2) is 43.0 Å². The van der Waals surface area contributed by atoms with Crippen molar-refractivity contribution in [3.05, 3.63) is 22.4 Å². The van der Waals surface area contributed by atoms with Crippen molar-refractivity contribution < 1.29 is 4.79 Å². The summed E-state index contributed by atoms with van der Waals surface area (Å²) in [5.74, 6) is 0.811. The van der Waals surface area contributed by atoms with Crippen LogP contribution in [-0.2, 0) is 4.79 Å². The smallest absolute Gasteiger partial charge is 0.217 e. The molecular weight excluding hydrogens is 318 g/mol. The van der Waals surface area contributed by atoms with Crippen LogP contribution in [0.3, 0.4) is 0 Å². The fourth-order valence-corrected chi connectivity index (χ4v) is 5.41. The third kappa shape index (κ3) is 4.58. The van der Waals surface area contributed by atoms with Gasteiger partial charge in [0, 0.05) is 36.5 Å². The molecule has 1 aliphatic heterocycles. The number of nitrogens with zero attached hydrogens (tertiary/aromatic N) is 1. The van der Waals surface area contributed by atoms with Crippen molar-refractivity contribution in [3.8, 4) is 0 Å². The average molecular weight is 350 g/mol. The van der Waals surface area contributed by atoms with Crippen LogP contribution in [0.4, 0.5) is 0 Å². The van der Waals surface area contributed by atoms with Crippen molar-refractivity contribution in [2.45, 2.75) is 63.6 Å². The van der Waals surface area contributed by atoms with Gasteiger partial charge in [0.1, 0.15) is 0 Å². The summed E-state index contributed by atoms with van der Waals surface area (Å²) in [5.41, 5.74) is 0. The summed E-state index contributed by atoms with van der Waals surface area (Å²) in [6, 6.07) is 6.05. The molecule has 1 saturated carbocycles. The number of rotatable bonds is 5. The molecule has 2 atom stereocenters. The van der Waals surface area contributed by atoms with Crippen molar-refractivity contribution in [3.63, 3.8) is 0 Å². The maximum atomic E-state index is 11.2. The number of likely N-dealkylation sites (tertiary alicyclic amines) is 1. The van der Waals surface area contributed by atoms with E-state index in [0.717, 1.165) is 19.4 Å². The third-order valence-electron chi connectivity index (χ3n) is 5.65. The van der Waals surface area contributed by atoms with Gasteiger partial charge in [0.2, 0.25) is 5.91 Å². The van der Waals surface area contributed by atoms with Gasteiger partial charge in [-0.2, -0.15) is 0 Å². The van der Waals surface area contributed by atoms with Gasteiger partial charge in [0.25, 0.3) is 0 Å². The number of carbonyl (C=O) groups is 1. The van der Waals surface area contributed by atoms with E-state index in [1.165, 1.54) is 37.1 Å². The molecule has 0 aromatic carbocycles. The predicted octanol–water partition coefficient (Wildman–Crippen LogP) is 3.17. The Morgan fingerprint density at radius 3 is 2.67 bits per heavy atom. The Balaban J connectivity index is 1.49. The first-order chi connectivity index (χ1) is 11.6. The van der Waals surface area contributed by atoms with E-state index in [9.17, 15) is 4.79 Å². The highest BCUT2D eigenvalue weighted by Crippen LogP contribution is 2.37. The Labute approximate surface area is 150 Å². The van der Waals surface area contributed by atoms with Crippen molar-refractivity contribution in [1.29, 1.82) is 0 Å². The number of carbonyl (C=O) groups excluding carboxylic acids is 1. The monoisotopic (exact) mass is 349 g/mol. The minimum atomic E-state index is 0.107. The molecule has 2 fully saturated rings.